The largest absolute Gasteiger partial charge is 0.398 e. The smallest absolute Gasteiger partial charge is 0.0386 e. The van der Waals surface area contributed by atoms with Crippen LogP contribution >= 0.6 is 0 Å². The number of aryl methyl sites for hydroxylation is 1. The minimum atomic E-state index is 0.898. The molecule has 0 unspecified atom stereocenters. The summed E-state index contributed by atoms with van der Waals surface area (Å²) < 4.78 is 0. The van der Waals surface area contributed by atoms with Crippen molar-refractivity contribution in [3.8, 4) is 0 Å². The van der Waals surface area contributed by atoms with E-state index >= 15 is 0 Å². The molecule has 2 N–H and O–H groups in total. The molecular weight excluding hydrogens is 208 g/mol. The number of nitrogens with zero attached hydrogens (tertiary/aromatic N) is 1. The Kier molecular flexibility index (Phi) is 5.88. The van der Waals surface area contributed by atoms with Crippen molar-refractivity contribution in [2.75, 3.05) is 23.7 Å². The SMILES string of the molecule is CCCCCCN(CC)c1ccc(C)c(N)c1. The van der Waals surface area contributed by atoms with Crippen molar-refractivity contribution < 1.29 is 0 Å². The van der Waals surface area contributed by atoms with Crippen LogP contribution in [0.2, 0.25) is 0 Å². The summed E-state index contributed by atoms with van der Waals surface area (Å²) in [7, 11) is 0. The molecule has 2 nitrogen and oxygen atoms in total. The van der Waals surface area contributed by atoms with Gasteiger partial charge in [0.1, 0.15) is 0 Å². The molecular formula is C15H26N2. The predicted molar refractivity (Wildman–Crippen MR) is 77.6 cm³/mol. The summed E-state index contributed by atoms with van der Waals surface area (Å²) >= 11 is 0. The van der Waals surface area contributed by atoms with E-state index in [-0.39, 0.29) is 0 Å². The maximum absolute atomic E-state index is 5.96. The molecule has 0 aliphatic heterocycles. The molecule has 1 aromatic carbocycles. The summed E-state index contributed by atoms with van der Waals surface area (Å²) in [6.07, 6.45) is 5.24. The van der Waals surface area contributed by atoms with E-state index in [1.807, 2.05) is 0 Å². The molecule has 0 heterocycles. The van der Waals surface area contributed by atoms with Crippen LogP contribution in [0.15, 0.2) is 18.2 Å². The van der Waals surface area contributed by atoms with Crippen molar-refractivity contribution in [1.82, 2.24) is 0 Å². The van der Waals surface area contributed by atoms with E-state index in [2.05, 4.69) is 43.9 Å². The first-order chi connectivity index (χ1) is 8.19. The van der Waals surface area contributed by atoms with Crippen molar-refractivity contribution >= 4 is 11.4 Å². The quantitative estimate of drug-likeness (QED) is 0.571. The molecule has 0 aromatic heterocycles. The molecule has 0 aliphatic carbocycles. The van der Waals surface area contributed by atoms with E-state index in [0.717, 1.165) is 24.3 Å². The Hall–Kier alpha value is -1.18. The molecule has 96 valence electrons. The monoisotopic (exact) mass is 234 g/mol. The average Bonchev–Trinajstić information content (AvgIpc) is 2.33. The standard InChI is InChI=1S/C15H26N2/c1-4-6-7-8-11-17(5-2)14-10-9-13(3)15(16)12-14/h9-10,12H,4-8,11,16H2,1-3H3. The number of hydrogen-bond donors (Lipinski definition) is 1. The Morgan fingerprint density at radius 2 is 1.88 bits per heavy atom. The molecule has 0 radical (unpaired) electrons. The van der Waals surface area contributed by atoms with E-state index < -0.39 is 0 Å². The summed E-state index contributed by atoms with van der Waals surface area (Å²) in [4.78, 5) is 2.41. The van der Waals surface area contributed by atoms with Gasteiger partial charge in [-0.25, -0.2) is 0 Å². The van der Waals surface area contributed by atoms with Gasteiger partial charge in [-0.05, 0) is 38.0 Å². The number of rotatable bonds is 7. The second-order valence-electron chi connectivity index (χ2n) is 4.68. The van der Waals surface area contributed by atoms with Gasteiger partial charge in [-0.2, -0.15) is 0 Å². The lowest BCUT2D eigenvalue weighted by Gasteiger charge is -2.23. The molecule has 1 aromatic rings. The third-order valence-electron chi connectivity index (χ3n) is 3.29. The van der Waals surface area contributed by atoms with Gasteiger partial charge < -0.3 is 10.6 Å². The second-order valence-corrected chi connectivity index (χ2v) is 4.68. The van der Waals surface area contributed by atoms with Crippen LogP contribution in [0, 0.1) is 6.92 Å². The van der Waals surface area contributed by atoms with E-state index in [0.29, 0.717) is 0 Å². The lowest BCUT2D eigenvalue weighted by molar-refractivity contribution is 0.649. The van der Waals surface area contributed by atoms with Crippen molar-refractivity contribution in [2.24, 2.45) is 0 Å². The molecule has 0 atom stereocenters. The van der Waals surface area contributed by atoms with Gasteiger partial charge in [-0.3, -0.25) is 0 Å². The fraction of sp³-hybridized carbons (Fsp3) is 0.600. The van der Waals surface area contributed by atoms with Gasteiger partial charge in [0.25, 0.3) is 0 Å². The first-order valence-corrected chi connectivity index (χ1v) is 6.80. The zero-order chi connectivity index (χ0) is 12.7. The molecule has 0 amide bonds. The molecule has 0 aliphatic rings. The number of unbranched alkanes of at least 4 members (excludes halogenated alkanes) is 3. The van der Waals surface area contributed by atoms with Gasteiger partial charge in [0.05, 0.1) is 0 Å². The van der Waals surface area contributed by atoms with Crippen molar-refractivity contribution in [3.63, 3.8) is 0 Å². The molecule has 17 heavy (non-hydrogen) atoms. The highest BCUT2D eigenvalue weighted by Crippen LogP contribution is 2.21. The molecule has 0 fully saturated rings. The zero-order valence-corrected chi connectivity index (χ0v) is 11.5. The number of benzene rings is 1. The van der Waals surface area contributed by atoms with E-state index in [9.17, 15) is 0 Å². The van der Waals surface area contributed by atoms with Crippen molar-refractivity contribution in [2.45, 2.75) is 46.5 Å². The first kappa shape index (κ1) is 13.9. The highest BCUT2D eigenvalue weighted by atomic mass is 15.1. The Morgan fingerprint density at radius 1 is 1.12 bits per heavy atom. The van der Waals surface area contributed by atoms with Crippen LogP contribution in [0.4, 0.5) is 11.4 Å². The summed E-state index contributed by atoms with van der Waals surface area (Å²) in [5, 5.41) is 0. The molecule has 1 rings (SSSR count). The van der Waals surface area contributed by atoms with Gasteiger partial charge in [0, 0.05) is 24.5 Å². The number of nitrogens with two attached hydrogens (primary N) is 1. The highest BCUT2D eigenvalue weighted by Gasteiger charge is 2.05. The van der Waals surface area contributed by atoms with Crippen molar-refractivity contribution in [1.29, 1.82) is 0 Å². The fourth-order valence-corrected chi connectivity index (χ4v) is 2.02. The van der Waals surface area contributed by atoms with Gasteiger partial charge >= 0.3 is 0 Å². The zero-order valence-electron chi connectivity index (χ0n) is 11.5. The summed E-state index contributed by atoms with van der Waals surface area (Å²) in [5.41, 5.74) is 9.28. The van der Waals surface area contributed by atoms with Crippen LogP contribution in [0.1, 0.15) is 45.1 Å². The fourth-order valence-electron chi connectivity index (χ4n) is 2.02. The number of anilines is 2. The second kappa shape index (κ2) is 7.21. The lowest BCUT2D eigenvalue weighted by atomic mass is 10.1. The molecule has 0 bridgehead atoms. The lowest BCUT2D eigenvalue weighted by Crippen LogP contribution is -2.24. The van der Waals surface area contributed by atoms with E-state index in [1.54, 1.807) is 0 Å². The van der Waals surface area contributed by atoms with E-state index in [4.69, 9.17) is 5.73 Å². The maximum atomic E-state index is 5.96. The van der Waals surface area contributed by atoms with Crippen LogP contribution in [-0.2, 0) is 0 Å². The van der Waals surface area contributed by atoms with Gasteiger partial charge in [0.2, 0.25) is 0 Å². The van der Waals surface area contributed by atoms with Crippen LogP contribution in [-0.4, -0.2) is 13.1 Å². The summed E-state index contributed by atoms with van der Waals surface area (Å²) in [6, 6.07) is 6.38. The van der Waals surface area contributed by atoms with Crippen molar-refractivity contribution in [3.05, 3.63) is 23.8 Å². The van der Waals surface area contributed by atoms with Crippen LogP contribution < -0.4 is 10.6 Å². The van der Waals surface area contributed by atoms with Crippen LogP contribution in [0.5, 0.6) is 0 Å². The highest BCUT2D eigenvalue weighted by molar-refractivity contribution is 5.59. The Bertz CT molecular complexity index is 334. The maximum Gasteiger partial charge on any atom is 0.0386 e. The Labute approximate surface area is 106 Å². The minimum absolute atomic E-state index is 0.898. The Balaban J connectivity index is 2.56. The first-order valence-electron chi connectivity index (χ1n) is 6.80. The molecule has 0 saturated heterocycles. The minimum Gasteiger partial charge on any atom is -0.398 e. The third kappa shape index (κ3) is 4.29. The number of hydrogen-bond acceptors (Lipinski definition) is 2. The van der Waals surface area contributed by atoms with Gasteiger partial charge in [-0.15, -0.1) is 0 Å². The Morgan fingerprint density at radius 3 is 2.47 bits per heavy atom. The molecule has 2 heteroatoms. The molecule has 0 spiro atoms. The topological polar surface area (TPSA) is 29.3 Å². The molecule has 0 saturated carbocycles. The van der Waals surface area contributed by atoms with Gasteiger partial charge in [0.15, 0.2) is 0 Å². The normalized spacial score (nSPS) is 10.5. The van der Waals surface area contributed by atoms with Gasteiger partial charge in [-0.1, -0.05) is 32.3 Å². The average molecular weight is 234 g/mol. The third-order valence-corrected chi connectivity index (χ3v) is 3.29. The summed E-state index contributed by atoms with van der Waals surface area (Å²) in [5.74, 6) is 0. The summed E-state index contributed by atoms with van der Waals surface area (Å²) in [6.45, 7) is 8.69. The number of nitrogen functional groups attached to an aromatic ring is 1. The van der Waals surface area contributed by atoms with Crippen LogP contribution in [0.3, 0.4) is 0 Å². The van der Waals surface area contributed by atoms with Crippen LogP contribution in [0.25, 0.3) is 0 Å². The van der Waals surface area contributed by atoms with E-state index in [1.165, 1.54) is 31.4 Å². The predicted octanol–water partition coefficient (Wildman–Crippen LogP) is 3.98.